The monoisotopic (exact) mass is 218 g/mol. The summed E-state index contributed by atoms with van der Waals surface area (Å²) in [6.45, 7) is 5.20. The van der Waals surface area contributed by atoms with Crippen molar-refractivity contribution in [2.24, 2.45) is 5.92 Å². The summed E-state index contributed by atoms with van der Waals surface area (Å²) < 4.78 is 2.11. The van der Waals surface area contributed by atoms with Crippen LogP contribution < -0.4 is 5.32 Å². The summed E-state index contributed by atoms with van der Waals surface area (Å²) in [5.74, 6) is 0.605. The van der Waals surface area contributed by atoms with Gasteiger partial charge in [0.25, 0.3) is 0 Å². The molecular weight excluding hydrogens is 200 g/mol. The SMILES string of the molecule is CC(CNCc1cc[nH]c1)Cn1ccnc1. The standard InChI is InChI=1S/C12H18N4/c1-11(9-16-5-4-14-10-16)6-15-8-12-2-3-13-7-12/h2-5,7,10-11,13,15H,6,8-9H2,1H3. The summed E-state index contributed by atoms with van der Waals surface area (Å²) in [5, 5.41) is 3.45. The van der Waals surface area contributed by atoms with E-state index in [-0.39, 0.29) is 0 Å². The Morgan fingerprint density at radius 3 is 3.19 bits per heavy atom. The number of H-pyrrole nitrogens is 1. The normalized spacial score (nSPS) is 12.8. The van der Waals surface area contributed by atoms with Crippen LogP contribution in [0.15, 0.2) is 37.2 Å². The Balaban J connectivity index is 1.66. The summed E-state index contributed by atoms with van der Waals surface area (Å²) in [5.41, 5.74) is 1.30. The number of nitrogens with zero attached hydrogens (tertiary/aromatic N) is 2. The third-order valence-electron chi connectivity index (χ3n) is 2.57. The summed E-state index contributed by atoms with van der Waals surface area (Å²) >= 11 is 0. The first-order chi connectivity index (χ1) is 7.84. The first kappa shape index (κ1) is 11.0. The van der Waals surface area contributed by atoms with Crippen LogP contribution >= 0.6 is 0 Å². The Morgan fingerprint density at radius 2 is 2.50 bits per heavy atom. The van der Waals surface area contributed by atoms with E-state index in [1.165, 1.54) is 5.56 Å². The van der Waals surface area contributed by atoms with Crippen LogP contribution in [0.1, 0.15) is 12.5 Å². The highest BCUT2D eigenvalue weighted by atomic mass is 15.0. The highest BCUT2D eigenvalue weighted by Crippen LogP contribution is 2.00. The molecule has 4 heteroatoms. The number of aromatic amines is 1. The molecule has 0 amide bonds. The van der Waals surface area contributed by atoms with Gasteiger partial charge in [0.05, 0.1) is 6.33 Å². The molecule has 0 aliphatic rings. The number of nitrogens with one attached hydrogen (secondary N) is 2. The maximum atomic E-state index is 4.03. The van der Waals surface area contributed by atoms with Crippen LogP contribution in [0.2, 0.25) is 0 Å². The van der Waals surface area contributed by atoms with Gasteiger partial charge < -0.3 is 14.9 Å². The third-order valence-corrected chi connectivity index (χ3v) is 2.57. The van der Waals surface area contributed by atoms with Crippen molar-refractivity contribution in [3.05, 3.63) is 42.7 Å². The van der Waals surface area contributed by atoms with Gasteiger partial charge in [0.2, 0.25) is 0 Å². The molecule has 16 heavy (non-hydrogen) atoms. The van der Waals surface area contributed by atoms with Crippen molar-refractivity contribution in [2.45, 2.75) is 20.0 Å². The van der Waals surface area contributed by atoms with Crippen molar-refractivity contribution in [1.82, 2.24) is 19.9 Å². The van der Waals surface area contributed by atoms with Crippen molar-refractivity contribution < 1.29 is 0 Å². The number of imidazole rings is 1. The number of hydrogen-bond donors (Lipinski definition) is 2. The molecule has 1 unspecified atom stereocenters. The van der Waals surface area contributed by atoms with Crippen molar-refractivity contribution >= 4 is 0 Å². The van der Waals surface area contributed by atoms with Crippen LogP contribution in [0.5, 0.6) is 0 Å². The lowest BCUT2D eigenvalue weighted by atomic mass is 10.2. The molecule has 0 aromatic carbocycles. The van der Waals surface area contributed by atoms with Crippen LogP contribution in [0.4, 0.5) is 0 Å². The van der Waals surface area contributed by atoms with Crippen LogP contribution in [0, 0.1) is 5.92 Å². The van der Waals surface area contributed by atoms with Gasteiger partial charge in [0, 0.05) is 37.9 Å². The van der Waals surface area contributed by atoms with Gasteiger partial charge in [-0.1, -0.05) is 6.92 Å². The van der Waals surface area contributed by atoms with Gasteiger partial charge in [-0.2, -0.15) is 0 Å². The zero-order valence-electron chi connectivity index (χ0n) is 9.56. The van der Waals surface area contributed by atoms with Crippen LogP contribution in [0.25, 0.3) is 0 Å². The Kier molecular flexibility index (Phi) is 3.77. The lowest BCUT2D eigenvalue weighted by molar-refractivity contribution is 0.445. The maximum Gasteiger partial charge on any atom is 0.0946 e. The predicted molar refractivity (Wildman–Crippen MR) is 63.9 cm³/mol. The summed E-state index contributed by atoms with van der Waals surface area (Å²) in [6, 6.07) is 2.09. The van der Waals surface area contributed by atoms with Gasteiger partial charge >= 0.3 is 0 Å². The minimum atomic E-state index is 0.605. The summed E-state index contributed by atoms with van der Waals surface area (Å²) in [6.07, 6.45) is 9.66. The van der Waals surface area contributed by atoms with E-state index in [9.17, 15) is 0 Å². The van der Waals surface area contributed by atoms with E-state index >= 15 is 0 Å². The highest BCUT2D eigenvalue weighted by Gasteiger charge is 2.02. The van der Waals surface area contributed by atoms with Crippen molar-refractivity contribution in [2.75, 3.05) is 6.54 Å². The van der Waals surface area contributed by atoms with Gasteiger partial charge in [-0.25, -0.2) is 4.98 Å². The molecule has 0 saturated carbocycles. The molecule has 0 saturated heterocycles. The van der Waals surface area contributed by atoms with E-state index < -0.39 is 0 Å². The topological polar surface area (TPSA) is 45.6 Å². The Hall–Kier alpha value is -1.55. The quantitative estimate of drug-likeness (QED) is 0.774. The Morgan fingerprint density at radius 1 is 1.56 bits per heavy atom. The van der Waals surface area contributed by atoms with Crippen LogP contribution in [0.3, 0.4) is 0 Å². The van der Waals surface area contributed by atoms with Gasteiger partial charge in [0.15, 0.2) is 0 Å². The van der Waals surface area contributed by atoms with Crippen molar-refractivity contribution in [3.8, 4) is 0 Å². The molecule has 86 valence electrons. The zero-order valence-corrected chi connectivity index (χ0v) is 9.56. The fourth-order valence-corrected chi connectivity index (χ4v) is 1.75. The molecule has 2 aromatic rings. The minimum Gasteiger partial charge on any atom is -0.367 e. The smallest absolute Gasteiger partial charge is 0.0946 e. The molecule has 2 rings (SSSR count). The van der Waals surface area contributed by atoms with E-state index in [1.807, 2.05) is 31.1 Å². The summed E-state index contributed by atoms with van der Waals surface area (Å²) in [7, 11) is 0. The molecule has 1 atom stereocenters. The van der Waals surface area contributed by atoms with Crippen LogP contribution in [-0.4, -0.2) is 21.1 Å². The fourth-order valence-electron chi connectivity index (χ4n) is 1.75. The number of rotatable bonds is 6. The molecule has 2 N–H and O–H groups in total. The average Bonchev–Trinajstić information content (AvgIpc) is 2.90. The molecule has 0 bridgehead atoms. The lowest BCUT2D eigenvalue weighted by Crippen LogP contribution is -2.23. The fraction of sp³-hybridized carbons (Fsp3) is 0.417. The minimum absolute atomic E-state index is 0.605. The molecule has 0 spiro atoms. The Labute approximate surface area is 95.7 Å². The van der Waals surface area contributed by atoms with E-state index in [4.69, 9.17) is 0 Å². The third kappa shape index (κ3) is 3.24. The number of aromatic nitrogens is 3. The maximum absolute atomic E-state index is 4.03. The van der Waals surface area contributed by atoms with Crippen molar-refractivity contribution in [1.29, 1.82) is 0 Å². The molecule has 2 heterocycles. The average molecular weight is 218 g/mol. The van der Waals surface area contributed by atoms with Crippen molar-refractivity contribution in [3.63, 3.8) is 0 Å². The van der Waals surface area contributed by atoms with E-state index in [0.717, 1.165) is 19.6 Å². The molecule has 0 aliphatic heterocycles. The second-order valence-corrected chi connectivity index (χ2v) is 4.21. The predicted octanol–water partition coefficient (Wildman–Crippen LogP) is 1.64. The van der Waals surface area contributed by atoms with E-state index in [1.54, 1.807) is 0 Å². The molecular formula is C12H18N4. The van der Waals surface area contributed by atoms with Gasteiger partial charge in [-0.3, -0.25) is 0 Å². The summed E-state index contributed by atoms with van der Waals surface area (Å²) in [4.78, 5) is 7.09. The lowest BCUT2D eigenvalue weighted by Gasteiger charge is -2.12. The van der Waals surface area contributed by atoms with Gasteiger partial charge in [0.1, 0.15) is 0 Å². The van der Waals surface area contributed by atoms with Crippen LogP contribution in [-0.2, 0) is 13.1 Å². The molecule has 0 aliphatic carbocycles. The van der Waals surface area contributed by atoms with Gasteiger partial charge in [-0.05, 0) is 24.1 Å². The molecule has 0 fully saturated rings. The van der Waals surface area contributed by atoms with Gasteiger partial charge in [-0.15, -0.1) is 0 Å². The largest absolute Gasteiger partial charge is 0.367 e. The number of hydrogen-bond acceptors (Lipinski definition) is 2. The molecule has 0 radical (unpaired) electrons. The zero-order chi connectivity index (χ0) is 11.2. The molecule has 4 nitrogen and oxygen atoms in total. The van der Waals surface area contributed by atoms with E-state index in [0.29, 0.717) is 5.92 Å². The highest BCUT2D eigenvalue weighted by molar-refractivity contribution is 5.07. The second-order valence-electron chi connectivity index (χ2n) is 4.21. The van der Waals surface area contributed by atoms with E-state index in [2.05, 4.69) is 32.8 Å². The second kappa shape index (κ2) is 5.51. The molecule has 2 aromatic heterocycles. The Bertz CT molecular complexity index is 377. The first-order valence-corrected chi connectivity index (χ1v) is 5.62. The first-order valence-electron chi connectivity index (χ1n) is 5.62.